The van der Waals surface area contributed by atoms with E-state index in [2.05, 4.69) is 5.32 Å². The van der Waals surface area contributed by atoms with Crippen LogP contribution in [-0.4, -0.2) is 13.0 Å². The summed E-state index contributed by atoms with van der Waals surface area (Å²) in [4.78, 5) is 12.1. The van der Waals surface area contributed by atoms with Gasteiger partial charge in [0.15, 0.2) is 0 Å². The summed E-state index contributed by atoms with van der Waals surface area (Å²) in [5.41, 5.74) is 2.53. The number of methoxy groups -OCH3 is 1. The maximum Gasteiger partial charge on any atom is 0.228 e. The van der Waals surface area contributed by atoms with E-state index in [1.54, 1.807) is 13.2 Å². The van der Waals surface area contributed by atoms with E-state index in [9.17, 15) is 4.79 Å². The number of hydrogen-bond acceptors (Lipinski definition) is 2. The van der Waals surface area contributed by atoms with Gasteiger partial charge < -0.3 is 10.1 Å². The van der Waals surface area contributed by atoms with Gasteiger partial charge >= 0.3 is 0 Å². The summed E-state index contributed by atoms with van der Waals surface area (Å²) in [6, 6.07) is 13.0. The Hall–Kier alpha value is -2.00. The minimum atomic E-state index is -0.123. The van der Waals surface area contributed by atoms with Gasteiger partial charge in [0.05, 0.1) is 19.2 Å². The van der Waals surface area contributed by atoms with Crippen LogP contribution in [0.25, 0.3) is 0 Å². The molecule has 0 unspecified atom stereocenters. The van der Waals surface area contributed by atoms with Gasteiger partial charge in [-0.25, -0.2) is 0 Å². The molecule has 0 bridgehead atoms. The number of nitrogens with one attached hydrogen (secondary N) is 1. The molecule has 0 saturated carbocycles. The average molecular weight is 290 g/mol. The molecule has 0 aliphatic rings. The van der Waals surface area contributed by atoms with Crippen LogP contribution in [-0.2, 0) is 11.2 Å². The highest BCUT2D eigenvalue weighted by molar-refractivity contribution is 6.31. The Kier molecular flexibility index (Phi) is 4.64. The summed E-state index contributed by atoms with van der Waals surface area (Å²) in [5.74, 6) is 0.519. The van der Waals surface area contributed by atoms with Gasteiger partial charge in [0.25, 0.3) is 0 Å². The lowest BCUT2D eigenvalue weighted by Gasteiger charge is -2.11. The van der Waals surface area contributed by atoms with Gasteiger partial charge in [-0.05, 0) is 36.2 Å². The molecule has 1 amide bonds. The summed E-state index contributed by atoms with van der Waals surface area (Å²) in [6.07, 6.45) is 0.233. The van der Waals surface area contributed by atoms with Gasteiger partial charge in [-0.3, -0.25) is 4.79 Å². The third-order valence-electron chi connectivity index (χ3n) is 2.94. The number of anilines is 1. The van der Waals surface area contributed by atoms with Crippen LogP contribution in [0.3, 0.4) is 0 Å². The van der Waals surface area contributed by atoms with Crippen molar-refractivity contribution in [1.29, 1.82) is 0 Å². The normalized spacial score (nSPS) is 10.2. The molecule has 0 fully saturated rings. The summed E-state index contributed by atoms with van der Waals surface area (Å²) in [5, 5.41) is 3.45. The second kappa shape index (κ2) is 6.44. The maximum atomic E-state index is 12.1. The molecule has 0 aliphatic carbocycles. The molecule has 0 saturated heterocycles. The Labute approximate surface area is 123 Å². The Morgan fingerprint density at radius 2 is 2.00 bits per heavy atom. The van der Waals surface area contributed by atoms with Crippen molar-refractivity contribution in [3.8, 4) is 5.75 Å². The zero-order valence-electron chi connectivity index (χ0n) is 11.4. The molecule has 0 aromatic heterocycles. The molecule has 0 radical (unpaired) electrons. The molecule has 0 heterocycles. The van der Waals surface area contributed by atoms with Gasteiger partial charge in [-0.15, -0.1) is 0 Å². The number of rotatable bonds is 4. The molecule has 3 nitrogen and oxygen atoms in total. The van der Waals surface area contributed by atoms with Crippen LogP contribution in [0.1, 0.15) is 11.1 Å². The number of hydrogen-bond donors (Lipinski definition) is 1. The molecule has 20 heavy (non-hydrogen) atoms. The summed E-state index contributed by atoms with van der Waals surface area (Å²) < 4.78 is 5.23. The van der Waals surface area contributed by atoms with E-state index in [-0.39, 0.29) is 12.3 Å². The zero-order valence-corrected chi connectivity index (χ0v) is 12.2. The fourth-order valence-electron chi connectivity index (χ4n) is 1.93. The molecule has 2 rings (SSSR count). The highest BCUT2D eigenvalue weighted by Gasteiger charge is 2.10. The summed E-state index contributed by atoms with van der Waals surface area (Å²) >= 11 is 6.05. The standard InChI is InChI=1S/C16H16ClNO2/c1-11-7-8-15(20-2)14(9-11)18-16(19)10-12-5-3-4-6-13(12)17/h3-9H,10H2,1-2H3,(H,18,19). The molecule has 4 heteroatoms. The maximum absolute atomic E-state index is 12.1. The number of amides is 1. The second-order valence-corrected chi connectivity index (χ2v) is 4.93. The number of benzene rings is 2. The van der Waals surface area contributed by atoms with Crippen LogP contribution >= 0.6 is 11.6 Å². The molecular weight excluding hydrogens is 274 g/mol. The molecular formula is C16H16ClNO2. The van der Waals surface area contributed by atoms with E-state index < -0.39 is 0 Å². The van der Waals surface area contributed by atoms with E-state index >= 15 is 0 Å². The number of carbonyl (C=O) groups excluding carboxylic acids is 1. The van der Waals surface area contributed by atoms with Crippen molar-refractivity contribution in [3.05, 3.63) is 58.6 Å². The van der Waals surface area contributed by atoms with Crippen molar-refractivity contribution < 1.29 is 9.53 Å². The van der Waals surface area contributed by atoms with Crippen molar-refractivity contribution in [1.82, 2.24) is 0 Å². The Balaban J connectivity index is 2.12. The predicted molar refractivity (Wildman–Crippen MR) is 81.5 cm³/mol. The lowest BCUT2D eigenvalue weighted by atomic mass is 10.1. The van der Waals surface area contributed by atoms with Crippen LogP contribution in [0, 0.1) is 6.92 Å². The zero-order chi connectivity index (χ0) is 14.5. The number of halogens is 1. The van der Waals surface area contributed by atoms with Gasteiger partial charge in [-0.1, -0.05) is 35.9 Å². The third kappa shape index (κ3) is 3.52. The Morgan fingerprint density at radius 3 is 2.70 bits per heavy atom. The smallest absolute Gasteiger partial charge is 0.228 e. The van der Waals surface area contributed by atoms with Crippen molar-refractivity contribution in [2.24, 2.45) is 0 Å². The fourth-order valence-corrected chi connectivity index (χ4v) is 2.13. The van der Waals surface area contributed by atoms with Crippen LogP contribution < -0.4 is 10.1 Å². The lowest BCUT2D eigenvalue weighted by Crippen LogP contribution is -2.15. The largest absolute Gasteiger partial charge is 0.495 e. The van der Waals surface area contributed by atoms with Crippen LogP contribution in [0.4, 0.5) is 5.69 Å². The van der Waals surface area contributed by atoms with Gasteiger partial charge in [0.2, 0.25) is 5.91 Å². The monoisotopic (exact) mass is 289 g/mol. The average Bonchev–Trinajstić information content (AvgIpc) is 2.41. The van der Waals surface area contributed by atoms with Crippen LogP contribution in [0.15, 0.2) is 42.5 Å². The van der Waals surface area contributed by atoms with Crippen molar-refractivity contribution in [2.45, 2.75) is 13.3 Å². The van der Waals surface area contributed by atoms with E-state index in [1.165, 1.54) is 0 Å². The SMILES string of the molecule is COc1ccc(C)cc1NC(=O)Cc1ccccc1Cl. The number of ether oxygens (including phenoxy) is 1. The highest BCUT2D eigenvalue weighted by atomic mass is 35.5. The fraction of sp³-hybridized carbons (Fsp3) is 0.188. The molecule has 104 valence electrons. The van der Waals surface area contributed by atoms with Gasteiger partial charge in [0, 0.05) is 5.02 Å². The van der Waals surface area contributed by atoms with Crippen molar-refractivity contribution in [3.63, 3.8) is 0 Å². The molecule has 0 spiro atoms. The van der Waals surface area contributed by atoms with E-state index in [1.807, 2.05) is 43.3 Å². The first kappa shape index (κ1) is 14.4. The Morgan fingerprint density at radius 1 is 1.25 bits per heavy atom. The van der Waals surface area contributed by atoms with Crippen molar-refractivity contribution >= 4 is 23.2 Å². The molecule has 2 aromatic carbocycles. The molecule has 0 aliphatic heterocycles. The quantitative estimate of drug-likeness (QED) is 0.929. The predicted octanol–water partition coefficient (Wildman–Crippen LogP) is 3.84. The van der Waals surface area contributed by atoms with Crippen LogP contribution in [0.2, 0.25) is 5.02 Å². The van der Waals surface area contributed by atoms with Crippen molar-refractivity contribution in [2.75, 3.05) is 12.4 Å². The van der Waals surface area contributed by atoms with E-state index in [0.29, 0.717) is 16.5 Å². The van der Waals surface area contributed by atoms with Gasteiger partial charge in [0.1, 0.15) is 5.75 Å². The summed E-state index contributed by atoms with van der Waals surface area (Å²) in [7, 11) is 1.58. The number of carbonyl (C=O) groups is 1. The van der Waals surface area contributed by atoms with E-state index in [0.717, 1.165) is 11.1 Å². The third-order valence-corrected chi connectivity index (χ3v) is 3.31. The topological polar surface area (TPSA) is 38.3 Å². The minimum absolute atomic E-state index is 0.123. The van der Waals surface area contributed by atoms with E-state index in [4.69, 9.17) is 16.3 Å². The van der Waals surface area contributed by atoms with Crippen LogP contribution in [0.5, 0.6) is 5.75 Å². The first-order chi connectivity index (χ1) is 9.60. The first-order valence-electron chi connectivity index (χ1n) is 6.28. The lowest BCUT2D eigenvalue weighted by molar-refractivity contribution is -0.115. The Bertz CT molecular complexity index is 626. The summed E-state index contributed by atoms with van der Waals surface area (Å²) in [6.45, 7) is 1.96. The molecule has 2 aromatic rings. The number of aryl methyl sites for hydroxylation is 1. The molecule has 0 atom stereocenters. The molecule has 1 N–H and O–H groups in total. The second-order valence-electron chi connectivity index (χ2n) is 4.52. The highest BCUT2D eigenvalue weighted by Crippen LogP contribution is 2.25. The van der Waals surface area contributed by atoms with Gasteiger partial charge in [-0.2, -0.15) is 0 Å². The first-order valence-corrected chi connectivity index (χ1v) is 6.66. The minimum Gasteiger partial charge on any atom is -0.495 e.